The normalized spacial score (nSPS) is 26.0. The summed E-state index contributed by atoms with van der Waals surface area (Å²) < 4.78 is 48.7. The molecule has 2 atom stereocenters. The van der Waals surface area contributed by atoms with Crippen molar-refractivity contribution in [2.45, 2.75) is 57.5 Å². The molecule has 10 heteroatoms. The van der Waals surface area contributed by atoms with Gasteiger partial charge in [-0.3, -0.25) is 4.90 Å². The predicted octanol–water partition coefficient (Wildman–Crippen LogP) is 2.78. The Hall–Kier alpha value is -1.65. The van der Waals surface area contributed by atoms with Crippen LogP contribution < -0.4 is 0 Å². The maximum atomic E-state index is 10.6. The second kappa shape index (κ2) is 9.03. The molecule has 27 heavy (non-hydrogen) atoms. The maximum absolute atomic E-state index is 10.6. The average molecular weight is 394 g/mol. The number of alkyl halides is 3. The van der Waals surface area contributed by atoms with Crippen LogP contribution in [0.3, 0.4) is 0 Å². The summed E-state index contributed by atoms with van der Waals surface area (Å²) >= 11 is 0. The molecule has 154 valence electrons. The van der Waals surface area contributed by atoms with Crippen LogP contribution in [0.1, 0.15) is 37.6 Å². The highest BCUT2D eigenvalue weighted by atomic mass is 19.4. The van der Waals surface area contributed by atoms with Gasteiger partial charge in [-0.15, -0.1) is 0 Å². The number of hydrogen-bond donors (Lipinski definition) is 1. The van der Waals surface area contributed by atoms with Crippen LogP contribution in [-0.2, 0) is 20.8 Å². The molecule has 1 spiro atoms. The Labute approximate surface area is 155 Å². The average Bonchev–Trinajstić information content (AvgIpc) is 3.14. The van der Waals surface area contributed by atoms with E-state index >= 15 is 0 Å². The Bertz CT molecular complexity index is 622. The lowest BCUT2D eigenvalue weighted by atomic mass is 9.89. The molecule has 0 radical (unpaired) electrons. The molecule has 2 aliphatic rings. The van der Waals surface area contributed by atoms with Crippen LogP contribution in [0.5, 0.6) is 0 Å². The topological polar surface area (TPSA) is 85.0 Å². The number of nitrogens with zero attached hydrogens (tertiary/aromatic N) is 2. The molecule has 0 unspecified atom stereocenters. The molecule has 1 aromatic rings. The van der Waals surface area contributed by atoms with E-state index in [-0.39, 0.29) is 11.7 Å². The lowest BCUT2D eigenvalue weighted by Gasteiger charge is -2.39. The first-order chi connectivity index (χ1) is 12.6. The maximum Gasteiger partial charge on any atom is 0.490 e. The second-order valence-electron chi connectivity index (χ2n) is 6.82. The third kappa shape index (κ3) is 6.47. The van der Waals surface area contributed by atoms with Gasteiger partial charge in [-0.25, -0.2) is 4.79 Å². The van der Waals surface area contributed by atoms with Gasteiger partial charge in [0.05, 0.1) is 24.0 Å². The third-order valence-electron chi connectivity index (χ3n) is 4.50. The molecule has 2 saturated heterocycles. The molecule has 7 nitrogen and oxygen atoms in total. The summed E-state index contributed by atoms with van der Waals surface area (Å²) in [6, 6.07) is 2.01. The largest absolute Gasteiger partial charge is 0.490 e. The molecule has 2 aliphatic heterocycles. The number of hydrogen-bond acceptors (Lipinski definition) is 6. The highest BCUT2D eigenvalue weighted by Crippen LogP contribution is 2.36. The first-order valence-electron chi connectivity index (χ1n) is 8.84. The van der Waals surface area contributed by atoms with E-state index in [9.17, 15) is 13.2 Å². The standard InChI is InChI=1S/C15H24N2O3.C2HF3O2/c1-3-18-14-8-15(19-10-14)5-4-6-17(11-15)9-13-7-12(2)20-16-13;3-2(4,5)1(6)7/h7,14H,3-6,8-11H2,1-2H3;(H,6,7)/t14-,15+;/m1./s1. The quantitative estimate of drug-likeness (QED) is 0.841. The second-order valence-corrected chi connectivity index (χ2v) is 6.82. The number of likely N-dealkylation sites (tertiary alicyclic amines) is 1. The van der Waals surface area contributed by atoms with Crippen molar-refractivity contribution in [3.05, 3.63) is 17.5 Å². The van der Waals surface area contributed by atoms with Crippen molar-refractivity contribution in [1.29, 1.82) is 0 Å². The van der Waals surface area contributed by atoms with E-state index < -0.39 is 12.1 Å². The van der Waals surface area contributed by atoms with Crippen LogP contribution >= 0.6 is 0 Å². The van der Waals surface area contributed by atoms with Gasteiger partial charge >= 0.3 is 12.1 Å². The summed E-state index contributed by atoms with van der Waals surface area (Å²) in [6.45, 7) is 8.42. The number of ether oxygens (including phenoxy) is 2. The van der Waals surface area contributed by atoms with Gasteiger partial charge in [-0.2, -0.15) is 13.2 Å². The van der Waals surface area contributed by atoms with Gasteiger partial charge in [-0.1, -0.05) is 5.16 Å². The van der Waals surface area contributed by atoms with Crippen LogP contribution in [0.25, 0.3) is 0 Å². The lowest BCUT2D eigenvalue weighted by molar-refractivity contribution is -0.192. The fourth-order valence-corrected chi connectivity index (χ4v) is 3.48. The van der Waals surface area contributed by atoms with E-state index in [1.807, 2.05) is 19.9 Å². The number of halogens is 3. The number of carbonyl (C=O) groups is 1. The van der Waals surface area contributed by atoms with Gasteiger partial charge in [0, 0.05) is 32.2 Å². The highest BCUT2D eigenvalue weighted by Gasteiger charge is 2.43. The van der Waals surface area contributed by atoms with Gasteiger partial charge in [0.2, 0.25) is 0 Å². The van der Waals surface area contributed by atoms with E-state index in [1.165, 1.54) is 6.42 Å². The minimum absolute atomic E-state index is 0.00311. The van der Waals surface area contributed by atoms with Crippen LogP contribution in [0, 0.1) is 6.92 Å². The molecule has 2 fully saturated rings. The third-order valence-corrected chi connectivity index (χ3v) is 4.50. The van der Waals surface area contributed by atoms with E-state index in [0.29, 0.717) is 0 Å². The Kier molecular flexibility index (Phi) is 7.24. The summed E-state index contributed by atoms with van der Waals surface area (Å²) in [7, 11) is 0. The molecular formula is C17H25F3N2O5. The summed E-state index contributed by atoms with van der Waals surface area (Å²) in [5.74, 6) is -1.88. The van der Waals surface area contributed by atoms with Crippen LogP contribution in [0.4, 0.5) is 13.2 Å². The molecular weight excluding hydrogens is 369 g/mol. The number of aryl methyl sites for hydroxylation is 1. The Morgan fingerprint density at radius 1 is 1.52 bits per heavy atom. The van der Waals surface area contributed by atoms with Crippen molar-refractivity contribution in [2.75, 3.05) is 26.3 Å². The molecule has 0 amide bonds. The summed E-state index contributed by atoms with van der Waals surface area (Å²) in [5, 5.41) is 11.2. The van der Waals surface area contributed by atoms with E-state index in [0.717, 1.165) is 57.1 Å². The van der Waals surface area contributed by atoms with Gasteiger partial charge in [0.25, 0.3) is 0 Å². The van der Waals surface area contributed by atoms with Crippen molar-refractivity contribution in [3.8, 4) is 0 Å². The predicted molar refractivity (Wildman–Crippen MR) is 88.2 cm³/mol. The molecule has 1 aromatic heterocycles. The zero-order chi connectivity index (χ0) is 20.1. The number of aliphatic carboxylic acids is 1. The number of carboxylic acid groups (broad SMARTS) is 1. The molecule has 0 aliphatic carbocycles. The van der Waals surface area contributed by atoms with Crippen LogP contribution in [0.2, 0.25) is 0 Å². The fraction of sp³-hybridized carbons (Fsp3) is 0.765. The number of carboxylic acids is 1. The smallest absolute Gasteiger partial charge is 0.475 e. The van der Waals surface area contributed by atoms with Crippen molar-refractivity contribution in [3.63, 3.8) is 0 Å². The SMILES string of the molecule is CCO[C@H]1CO[C@@]2(CCCN(Cc3cc(C)on3)C2)C1.O=C(O)C(F)(F)F. The number of rotatable bonds is 4. The first kappa shape index (κ1) is 21.6. The van der Waals surface area contributed by atoms with Gasteiger partial charge in [-0.05, 0) is 33.2 Å². The molecule has 3 rings (SSSR count). The molecule has 0 bridgehead atoms. The molecule has 0 saturated carbocycles. The number of piperidine rings is 1. The zero-order valence-electron chi connectivity index (χ0n) is 15.4. The van der Waals surface area contributed by atoms with Gasteiger partial charge < -0.3 is 19.1 Å². The van der Waals surface area contributed by atoms with Crippen molar-refractivity contribution < 1.29 is 37.1 Å². The Balaban J connectivity index is 0.000000321. The molecule has 3 heterocycles. The lowest BCUT2D eigenvalue weighted by Crippen LogP contribution is -2.47. The Morgan fingerprint density at radius 2 is 2.22 bits per heavy atom. The summed E-state index contributed by atoms with van der Waals surface area (Å²) in [4.78, 5) is 11.3. The Morgan fingerprint density at radius 3 is 2.78 bits per heavy atom. The van der Waals surface area contributed by atoms with Crippen LogP contribution in [-0.4, -0.2) is 65.3 Å². The zero-order valence-corrected chi connectivity index (χ0v) is 15.4. The highest BCUT2D eigenvalue weighted by molar-refractivity contribution is 5.73. The van der Waals surface area contributed by atoms with E-state index in [2.05, 4.69) is 10.1 Å². The van der Waals surface area contributed by atoms with Gasteiger partial charge in [0.1, 0.15) is 5.76 Å². The monoisotopic (exact) mass is 394 g/mol. The van der Waals surface area contributed by atoms with Gasteiger partial charge in [0.15, 0.2) is 0 Å². The summed E-state index contributed by atoms with van der Waals surface area (Å²) in [5.41, 5.74) is 1.01. The minimum Gasteiger partial charge on any atom is -0.475 e. The van der Waals surface area contributed by atoms with Crippen molar-refractivity contribution >= 4 is 5.97 Å². The van der Waals surface area contributed by atoms with Crippen LogP contribution in [0.15, 0.2) is 10.6 Å². The number of aromatic nitrogens is 1. The van der Waals surface area contributed by atoms with Crippen molar-refractivity contribution in [2.24, 2.45) is 0 Å². The summed E-state index contributed by atoms with van der Waals surface area (Å²) in [6.07, 6.45) is -1.47. The fourth-order valence-electron chi connectivity index (χ4n) is 3.48. The van der Waals surface area contributed by atoms with E-state index in [1.54, 1.807) is 0 Å². The van der Waals surface area contributed by atoms with E-state index in [4.69, 9.17) is 23.9 Å². The first-order valence-corrected chi connectivity index (χ1v) is 8.84. The molecule has 0 aromatic carbocycles. The van der Waals surface area contributed by atoms with Crippen molar-refractivity contribution in [1.82, 2.24) is 10.1 Å². The molecule has 1 N–H and O–H groups in total. The minimum atomic E-state index is -5.08.